The number of hydrogen-bond donors (Lipinski definition) is 1. The fourth-order valence-corrected chi connectivity index (χ4v) is 2.06. The molecule has 0 aromatic heterocycles. The normalized spacial score (nSPS) is 9.84. The van der Waals surface area contributed by atoms with Crippen LogP contribution in [0.1, 0.15) is 21.5 Å². The first-order chi connectivity index (χ1) is 11.9. The summed E-state index contributed by atoms with van der Waals surface area (Å²) in [5.41, 5.74) is 1.08. The van der Waals surface area contributed by atoms with Crippen LogP contribution in [0.4, 0.5) is 10.1 Å². The maximum absolute atomic E-state index is 13.7. The van der Waals surface area contributed by atoms with E-state index >= 15 is 0 Å². The average molecular weight is 342 g/mol. The summed E-state index contributed by atoms with van der Waals surface area (Å²) in [6.07, 6.45) is 0. The Labute approximate surface area is 143 Å². The van der Waals surface area contributed by atoms with E-state index in [1.165, 1.54) is 13.2 Å². The second-order valence-electron chi connectivity index (χ2n) is 5.13. The maximum atomic E-state index is 13.7. The Morgan fingerprint density at radius 3 is 2.64 bits per heavy atom. The van der Waals surface area contributed by atoms with E-state index in [4.69, 9.17) is 14.7 Å². The molecule has 6 nitrogen and oxygen atoms in total. The monoisotopic (exact) mass is 342 g/mol. The van der Waals surface area contributed by atoms with Gasteiger partial charge in [-0.2, -0.15) is 5.26 Å². The molecular weight excluding hydrogens is 327 g/mol. The number of anilines is 1. The largest absolute Gasteiger partial charge is 0.495 e. The molecule has 1 N–H and O–H groups in total. The zero-order chi connectivity index (χ0) is 18.4. The van der Waals surface area contributed by atoms with Crippen LogP contribution in [-0.4, -0.2) is 25.6 Å². The smallest absolute Gasteiger partial charge is 0.341 e. The van der Waals surface area contributed by atoms with Gasteiger partial charge in [-0.1, -0.05) is 6.07 Å². The van der Waals surface area contributed by atoms with Crippen molar-refractivity contribution in [2.24, 2.45) is 0 Å². The quantitative estimate of drug-likeness (QED) is 0.844. The van der Waals surface area contributed by atoms with Crippen molar-refractivity contribution >= 4 is 17.6 Å². The number of nitrogens with one attached hydrogen (secondary N) is 1. The molecule has 2 aromatic rings. The number of carbonyl (C=O) groups excluding carboxylic acids is 2. The van der Waals surface area contributed by atoms with Crippen molar-refractivity contribution in [3.8, 4) is 11.8 Å². The lowest BCUT2D eigenvalue weighted by Gasteiger charge is -2.11. The van der Waals surface area contributed by atoms with E-state index in [1.807, 2.05) is 13.0 Å². The van der Waals surface area contributed by atoms with Gasteiger partial charge in [0.25, 0.3) is 5.91 Å². The van der Waals surface area contributed by atoms with Crippen LogP contribution in [0.5, 0.6) is 5.75 Å². The molecule has 1 amide bonds. The molecule has 0 aliphatic carbocycles. The number of rotatable bonds is 5. The maximum Gasteiger partial charge on any atom is 0.341 e. The number of benzene rings is 2. The highest BCUT2D eigenvalue weighted by Gasteiger charge is 2.16. The summed E-state index contributed by atoms with van der Waals surface area (Å²) < 4.78 is 23.7. The van der Waals surface area contributed by atoms with Crippen LogP contribution in [0.15, 0.2) is 36.4 Å². The summed E-state index contributed by atoms with van der Waals surface area (Å²) in [7, 11) is 1.47. The Bertz CT molecular complexity index is 859. The number of amides is 1. The molecular formula is C18H15FN2O4. The van der Waals surface area contributed by atoms with E-state index in [0.29, 0.717) is 11.4 Å². The van der Waals surface area contributed by atoms with Gasteiger partial charge in [0.15, 0.2) is 6.61 Å². The summed E-state index contributed by atoms with van der Waals surface area (Å²) >= 11 is 0. The highest BCUT2D eigenvalue weighted by molar-refractivity contribution is 5.96. The Morgan fingerprint density at radius 2 is 2.00 bits per heavy atom. The number of hydrogen-bond acceptors (Lipinski definition) is 5. The highest BCUT2D eigenvalue weighted by Crippen LogP contribution is 2.25. The Balaban J connectivity index is 1.99. The molecule has 0 fully saturated rings. The van der Waals surface area contributed by atoms with Gasteiger partial charge in [0.05, 0.1) is 30.0 Å². The molecule has 0 saturated heterocycles. The van der Waals surface area contributed by atoms with Crippen molar-refractivity contribution in [1.29, 1.82) is 5.26 Å². The van der Waals surface area contributed by atoms with Crippen LogP contribution < -0.4 is 10.1 Å². The van der Waals surface area contributed by atoms with Crippen LogP contribution in [0, 0.1) is 24.1 Å². The number of nitriles is 1. The lowest BCUT2D eigenvalue weighted by atomic mass is 10.1. The van der Waals surface area contributed by atoms with Crippen LogP contribution in [0.2, 0.25) is 0 Å². The van der Waals surface area contributed by atoms with Crippen LogP contribution in [0.3, 0.4) is 0 Å². The van der Waals surface area contributed by atoms with Gasteiger partial charge in [0.1, 0.15) is 11.6 Å². The Morgan fingerprint density at radius 1 is 1.24 bits per heavy atom. The van der Waals surface area contributed by atoms with Gasteiger partial charge in [0.2, 0.25) is 0 Å². The summed E-state index contributed by atoms with van der Waals surface area (Å²) in [4.78, 5) is 23.8. The van der Waals surface area contributed by atoms with Crippen molar-refractivity contribution in [2.75, 3.05) is 19.0 Å². The molecule has 0 bridgehead atoms. The predicted molar refractivity (Wildman–Crippen MR) is 87.8 cm³/mol. The first-order valence-corrected chi connectivity index (χ1v) is 7.26. The van der Waals surface area contributed by atoms with E-state index in [0.717, 1.165) is 17.7 Å². The third-order valence-electron chi connectivity index (χ3n) is 3.28. The van der Waals surface area contributed by atoms with Gasteiger partial charge in [-0.25, -0.2) is 9.18 Å². The number of esters is 1. The predicted octanol–water partition coefficient (Wildman–Crippen LogP) is 2.81. The highest BCUT2D eigenvalue weighted by atomic mass is 19.1. The average Bonchev–Trinajstić information content (AvgIpc) is 2.59. The number of methoxy groups -OCH3 is 1. The third-order valence-corrected chi connectivity index (χ3v) is 3.28. The summed E-state index contributed by atoms with van der Waals surface area (Å²) in [6, 6.07) is 10.3. The molecule has 0 spiro atoms. The molecule has 0 aliphatic rings. The first kappa shape index (κ1) is 17.9. The zero-order valence-corrected chi connectivity index (χ0v) is 13.6. The minimum absolute atomic E-state index is 0.0818. The van der Waals surface area contributed by atoms with E-state index < -0.39 is 24.3 Å². The van der Waals surface area contributed by atoms with Crippen LogP contribution in [0.25, 0.3) is 0 Å². The van der Waals surface area contributed by atoms with Crippen molar-refractivity contribution in [3.63, 3.8) is 0 Å². The molecule has 25 heavy (non-hydrogen) atoms. The minimum atomic E-state index is -0.992. The first-order valence-electron chi connectivity index (χ1n) is 7.26. The summed E-state index contributed by atoms with van der Waals surface area (Å²) in [5.74, 6) is -2.01. The number of halogens is 1. The standard InChI is InChI=1S/C18H15FN2O4/c1-11-3-6-16(24-2)15(7-11)21-17(22)10-25-18(23)13-5-4-12(9-20)8-14(13)19/h3-8H,10H2,1-2H3,(H,21,22). The van der Waals surface area contributed by atoms with Gasteiger partial charge in [0, 0.05) is 0 Å². The van der Waals surface area contributed by atoms with Crippen LogP contribution in [-0.2, 0) is 9.53 Å². The molecule has 0 aliphatic heterocycles. The molecule has 128 valence electrons. The van der Waals surface area contributed by atoms with Gasteiger partial charge in [-0.3, -0.25) is 4.79 Å². The second kappa shape index (κ2) is 7.93. The van der Waals surface area contributed by atoms with Crippen molar-refractivity contribution < 1.29 is 23.5 Å². The van der Waals surface area contributed by atoms with E-state index in [9.17, 15) is 14.0 Å². The molecule has 0 atom stereocenters. The summed E-state index contributed by atoms with van der Waals surface area (Å²) in [6.45, 7) is 1.26. The third kappa shape index (κ3) is 4.54. The zero-order valence-electron chi connectivity index (χ0n) is 13.6. The van der Waals surface area contributed by atoms with Crippen molar-refractivity contribution in [1.82, 2.24) is 0 Å². The van der Waals surface area contributed by atoms with Crippen LogP contribution >= 0.6 is 0 Å². The molecule has 2 aromatic carbocycles. The molecule has 0 radical (unpaired) electrons. The molecule has 0 heterocycles. The van der Waals surface area contributed by atoms with Gasteiger partial charge in [-0.05, 0) is 42.8 Å². The minimum Gasteiger partial charge on any atom is -0.495 e. The van der Waals surface area contributed by atoms with E-state index in [-0.39, 0.29) is 11.1 Å². The fourth-order valence-electron chi connectivity index (χ4n) is 2.06. The number of carbonyl (C=O) groups is 2. The Kier molecular flexibility index (Phi) is 5.69. The molecule has 0 saturated carbocycles. The fraction of sp³-hybridized carbons (Fsp3) is 0.167. The number of nitrogens with zero attached hydrogens (tertiary/aromatic N) is 1. The Hall–Kier alpha value is -3.40. The van der Waals surface area contributed by atoms with E-state index in [2.05, 4.69) is 5.32 Å². The topological polar surface area (TPSA) is 88.4 Å². The SMILES string of the molecule is COc1ccc(C)cc1NC(=O)COC(=O)c1ccc(C#N)cc1F. The lowest BCUT2D eigenvalue weighted by Crippen LogP contribution is -2.21. The van der Waals surface area contributed by atoms with Crippen molar-refractivity contribution in [3.05, 3.63) is 58.9 Å². The number of aryl methyl sites for hydroxylation is 1. The van der Waals surface area contributed by atoms with E-state index in [1.54, 1.807) is 18.2 Å². The molecule has 2 rings (SSSR count). The van der Waals surface area contributed by atoms with Gasteiger partial charge >= 0.3 is 5.97 Å². The second-order valence-corrected chi connectivity index (χ2v) is 5.13. The van der Waals surface area contributed by atoms with Gasteiger partial charge < -0.3 is 14.8 Å². The van der Waals surface area contributed by atoms with Crippen molar-refractivity contribution in [2.45, 2.75) is 6.92 Å². The number of ether oxygens (including phenoxy) is 2. The molecule has 7 heteroatoms. The van der Waals surface area contributed by atoms with Gasteiger partial charge in [-0.15, -0.1) is 0 Å². The summed E-state index contributed by atoms with van der Waals surface area (Å²) in [5, 5.41) is 11.2. The lowest BCUT2D eigenvalue weighted by molar-refractivity contribution is -0.119. The molecule has 0 unspecified atom stereocenters.